The molecule has 0 radical (unpaired) electrons. The number of hydrogen-bond donors (Lipinski definition) is 2. The standard InChI is InChI=1S/C33H40N4O3/c1-3-24-13-15-25(16-14-24)32(38)35-27-17-18-29(28(23-27)33(39)34-26-9-5-4-6-10-26)36-19-21-37(22-20-36)30-11-7-8-12-31(30)40-2/h7-8,11-18,23,26H,3-6,9-10,19-22H2,1-2H3,(H,34,39)(H,35,38). The monoisotopic (exact) mass is 540 g/mol. The van der Waals surface area contributed by atoms with Gasteiger partial charge in [-0.1, -0.05) is 50.5 Å². The lowest BCUT2D eigenvalue weighted by atomic mass is 9.95. The summed E-state index contributed by atoms with van der Waals surface area (Å²) in [6.45, 7) is 5.27. The van der Waals surface area contributed by atoms with Gasteiger partial charge in [0.15, 0.2) is 0 Å². The van der Waals surface area contributed by atoms with Crippen molar-refractivity contribution in [1.29, 1.82) is 0 Å². The van der Waals surface area contributed by atoms with Gasteiger partial charge in [0.05, 0.1) is 18.4 Å². The van der Waals surface area contributed by atoms with E-state index in [1.165, 1.54) is 12.0 Å². The van der Waals surface area contributed by atoms with Crippen LogP contribution < -0.4 is 25.2 Å². The Morgan fingerprint density at radius 1 is 0.825 bits per heavy atom. The fourth-order valence-electron chi connectivity index (χ4n) is 5.76. The van der Waals surface area contributed by atoms with Crippen molar-refractivity contribution in [3.8, 4) is 5.75 Å². The molecule has 7 nitrogen and oxygen atoms in total. The van der Waals surface area contributed by atoms with E-state index in [4.69, 9.17) is 4.74 Å². The lowest BCUT2D eigenvalue weighted by Crippen LogP contribution is -2.47. The van der Waals surface area contributed by atoms with Crippen LogP contribution in [0.15, 0.2) is 66.7 Å². The van der Waals surface area contributed by atoms with Crippen molar-refractivity contribution in [3.63, 3.8) is 0 Å². The number of hydrogen-bond acceptors (Lipinski definition) is 5. The molecule has 210 valence electrons. The Morgan fingerprint density at radius 2 is 1.50 bits per heavy atom. The first-order valence-corrected chi connectivity index (χ1v) is 14.5. The SMILES string of the molecule is CCc1ccc(C(=O)Nc2ccc(N3CCN(c4ccccc4OC)CC3)c(C(=O)NC3CCCCC3)c2)cc1. The van der Waals surface area contributed by atoms with Crippen LogP contribution in [0.1, 0.15) is 65.3 Å². The van der Waals surface area contributed by atoms with Crippen molar-refractivity contribution in [1.82, 2.24) is 5.32 Å². The van der Waals surface area contributed by atoms with Crippen molar-refractivity contribution >= 4 is 28.9 Å². The number of nitrogens with zero attached hydrogens (tertiary/aromatic N) is 2. The Balaban J connectivity index is 1.35. The first-order valence-electron chi connectivity index (χ1n) is 14.5. The fourth-order valence-corrected chi connectivity index (χ4v) is 5.76. The Bertz CT molecular complexity index is 1310. The lowest BCUT2D eigenvalue weighted by Gasteiger charge is -2.38. The van der Waals surface area contributed by atoms with Crippen LogP contribution >= 0.6 is 0 Å². The highest BCUT2D eigenvalue weighted by atomic mass is 16.5. The molecule has 3 aromatic carbocycles. The van der Waals surface area contributed by atoms with Gasteiger partial charge in [0, 0.05) is 49.2 Å². The number of anilines is 3. The number of aryl methyl sites for hydroxylation is 1. The van der Waals surface area contributed by atoms with Crippen LogP contribution in [0.2, 0.25) is 0 Å². The highest BCUT2D eigenvalue weighted by molar-refractivity contribution is 6.06. The summed E-state index contributed by atoms with van der Waals surface area (Å²) < 4.78 is 5.58. The molecular weight excluding hydrogens is 500 g/mol. The molecule has 0 atom stereocenters. The molecule has 40 heavy (non-hydrogen) atoms. The minimum atomic E-state index is -0.181. The molecule has 2 N–H and O–H groups in total. The number of para-hydroxylation sites is 2. The summed E-state index contributed by atoms with van der Waals surface area (Å²) in [5, 5.41) is 6.29. The molecule has 0 aromatic heterocycles. The predicted molar refractivity (Wildman–Crippen MR) is 162 cm³/mol. The summed E-state index contributed by atoms with van der Waals surface area (Å²) >= 11 is 0. The molecule has 1 saturated heterocycles. The van der Waals surface area contributed by atoms with E-state index in [1.807, 2.05) is 60.7 Å². The van der Waals surface area contributed by atoms with E-state index in [0.717, 1.165) is 75.4 Å². The van der Waals surface area contributed by atoms with Gasteiger partial charge < -0.3 is 25.2 Å². The van der Waals surface area contributed by atoms with E-state index >= 15 is 0 Å². The van der Waals surface area contributed by atoms with Crippen molar-refractivity contribution in [2.24, 2.45) is 0 Å². The molecule has 7 heteroatoms. The summed E-state index contributed by atoms with van der Waals surface area (Å²) in [7, 11) is 1.70. The van der Waals surface area contributed by atoms with Gasteiger partial charge in [-0.05, 0) is 67.3 Å². The van der Waals surface area contributed by atoms with Crippen molar-refractivity contribution in [3.05, 3.63) is 83.4 Å². The van der Waals surface area contributed by atoms with E-state index in [2.05, 4.69) is 33.4 Å². The number of carbonyl (C=O) groups is 2. The first kappa shape index (κ1) is 27.6. The number of carbonyl (C=O) groups excluding carboxylic acids is 2. The lowest BCUT2D eigenvalue weighted by molar-refractivity contribution is 0.0927. The van der Waals surface area contributed by atoms with Crippen LogP contribution in [0.4, 0.5) is 17.1 Å². The third-order valence-corrected chi connectivity index (χ3v) is 8.11. The van der Waals surface area contributed by atoms with E-state index in [0.29, 0.717) is 16.8 Å². The molecule has 2 aliphatic rings. The third-order valence-electron chi connectivity index (χ3n) is 8.11. The molecular formula is C33H40N4O3. The second-order valence-electron chi connectivity index (χ2n) is 10.7. The van der Waals surface area contributed by atoms with Crippen LogP contribution in [-0.2, 0) is 6.42 Å². The maximum Gasteiger partial charge on any atom is 0.255 e. The van der Waals surface area contributed by atoms with Gasteiger partial charge in [-0.25, -0.2) is 0 Å². The summed E-state index contributed by atoms with van der Waals surface area (Å²) in [5.41, 5.74) is 5.00. The average Bonchev–Trinajstić information content (AvgIpc) is 3.01. The smallest absolute Gasteiger partial charge is 0.255 e. The van der Waals surface area contributed by atoms with Gasteiger partial charge >= 0.3 is 0 Å². The van der Waals surface area contributed by atoms with Crippen molar-refractivity contribution < 1.29 is 14.3 Å². The van der Waals surface area contributed by atoms with Crippen LogP contribution in [0, 0.1) is 0 Å². The van der Waals surface area contributed by atoms with Crippen LogP contribution in [-0.4, -0.2) is 51.1 Å². The molecule has 5 rings (SSSR count). The summed E-state index contributed by atoms with van der Waals surface area (Å²) in [4.78, 5) is 31.2. The molecule has 0 spiro atoms. The quantitative estimate of drug-likeness (QED) is 0.372. The van der Waals surface area contributed by atoms with Crippen molar-refractivity contribution in [2.45, 2.75) is 51.5 Å². The van der Waals surface area contributed by atoms with Gasteiger partial charge in [0.25, 0.3) is 11.8 Å². The molecule has 0 unspecified atom stereocenters. The molecule has 1 aliphatic heterocycles. The predicted octanol–water partition coefficient (Wildman–Crippen LogP) is 5.90. The molecule has 2 fully saturated rings. The molecule has 1 saturated carbocycles. The fraction of sp³-hybridized carbons (Fsp3) is 0.394. The summed E-state index contributed by atoms with van der Waals surface area (Å²) in [6.07, 6.45) is 6.49. The highest BCUT2D eigenvalue weighted by Crippen LogP contribution is 2.31. The Kier molecular flexibility index (Phi) is 8.89. The minimum absolute atomic E-state index is 0.0718. The highest BCUT2D eigenvalue weighted by Gasteiger charge is 2.25. The average molecular weight is 541 g/mol. The van der Waals surface area contributed by atoms with Crippen molar-refractivity contribution in [2.75, 3.05) is 48.4 Å². The van der Waals surface area contributed by atoms with E-state index in [1.54, 1.807) is 7.11 Å². The number of methoxy groups -OCH3 is 1. The maximum absolute atomic E-state index is 13.6. The third kappa shape index (κ3) is 6.41. The second-order valence-corrected chi connectivity index (χ2v) is 10.7. The second kappa shape index (κ2) is 12.9. The number of amides is 2. The van der Waals surface area contributed by atoms with E-state index < -0.39 is 0 Å². The van der Waals surface area contributed by atoms with Gasteiger partial charge in [-0.15, -0.1) is 0 Å². The first-order chi connectivity index (χ1) is 19.6. The zero-order valence-electron chi connectivity index (χ0n) is 23.6. The number of rotatable bonds is 8. The molecule has 1 aliphatic carbocycles. The minimum Gasteiger partial charge on any atom is -0.495 e. The zero-order chi connectivity index (χ0) is 27.9. The molecule has 2 amide bonds. The zero-order valence-corrected chi connectivity index (χ0v) is 23.6. The van der Waals surface area contributed by atoms with Gasteiger partial charge in [-0.2, -0.15) is 0 Å². The topological polar surface area (TPSA) is 73.9 Å². The Morgan fingerprint density at radius 3 is 2.17 bits per heavy atom. The number of benzene rings is 3. The summed E-state index contributed by atoms with van der Waals surface area (Å²) in [5.74, 6) is 0.616. The van der Waals surface area contributed by atoms with Crippen LogP contribution in [0.5, 0.6) is 5.75 Å². The summed E-state index contributed by atoms with van der Waals surface area (Å²) in [6, 6.07) is 21.6. The normalized spacial score (nSPS) is 15.9. The molecule has 0 bridgehead atoms. The molecule has 1 heterocycles. The maximum atomic E-state index is 13.6. The van der Waals surface area contributed by atoms with E-state index in [9.17, 15) is 9.59 Å². The van der Waals surface area contributed by atoms with Gasteiger partial charge in [0.2, 0.25) is 0 Å². The van der Waals surface area contributed by atoms with Crippen LogP contribution in [0.3, 0.4) is 0 Å². The molecule has 3 aromatic rings. The Labute approximate surface area is 237 Å². The number of nitrogens with one attached hydrogen (secondary N) is 2. The van der Waals surface area contributed by atoms with Gasteiger partial charge in [0.1, 0.15) is 5.75 Å². The van der Waals surface area contributed by atoms with E-state index in [-0.39, 0.29) is 17.9 Å². The largest absolute Gasteiger partial charge is 0.495 e. The number of ether oxygens (including phenoxy) is 1. The van der Waals surface area contributed by atoms with Crippen LogP contribution in [0.25, 0.3) is 0 Å². The van der Waals surface area contributed by atoms with Gasteiger partial charge in [-0.3, -0.25) is 9.59 Å². The number of piperazine rings is 1. The Hall–Kier alpha value is -4.00.